The van der Waals surface area contributed by atoms with Gasteiger partial charge in [0.25, 0.3) is 5.91 Å². The Morgan fingerprint density at radius 3 is 2.28 bits per heavy atom. The minimum Gasteiger partial charge on any atom is -0.463 e. The summed E-state index contributed by atoms with van der Waals surface area (Å²) in [6.07, 6.45) is -2.08. The first kappa shape index (κ1) is 27.7. The van der Waals surface area contributed by atoms with Gasteiger partial charge in [-0.05, 0) is 18.2 Å². The number of nitrogens with two attached hydrogens (primary N) is 1. The SMILES string of the molecule is CC(=O)OCC1O[C@H](Sc2ccc(Cl)c(Cl)c2)[C@@H](OC(C)=O)C(n2cc(C(N)=O)nn2)[C@H]1OC(C)=O. The lowest BCUT2D eigenvalue weighted by molar-refractivity contribution is -0.212. The standard InChI is InChI=1S/C21H22Cl2N4O8S/c1-9(28)32-8-16-18(33-10(2)29)17(27-7-15(20(24)31)25-26-27)19(34-11(3)30)21(35-16)36-12-4-5-13(22)14(23)6-12/h4-7,16-19,21H,8H2,1-3H3,(H2,24,31)/t16?,17?,18-,19-,21+/m0/s1. The zero-order valence-electron chi connectivity index (χ0n) is 19.3. The highest BCUT2D eigenvalue weighted by molar-refractivity contribution is 7.99. The van der Waals surface area contributed by atoms with E-state index in [9.17, 15) is 19.2 Å². The summed E-state index contributed by atoms with van der Waals surface area (Å²) < 4.78 is 23.6. The van der Waals surface area contributed by atoms with Gasteiger partial charge in [-0.15, -0.1) is 5.10 Å². The van der Waals surface area contributed by atoms with Crippen molar-refractivity contribution in [1.29, 1.82) is 0 Å². The largest absolute Gasteiger partial charge is 0.463 e. The molecular formula is C21H22Cl2N4O8S. The number of carbonyl (C=O) groups is 4. The first-order chi connectivity index (χ1) is 17.0. The van der Waals surface area contributed by atoms with Gasteiger partial charge in [0.15, 0.2) is 17.9 Å². The highest BCUT2D eigenvalue weighted by Crippen LogP contribution is 2.42. The Labute approximate surface area is 219 Å². The van der Waals surface area contributed by atoms with E-state index >= 15 is 0 Å². The van der Waals surface area contributed by atoms with Crippen molar-refractivity contribution in [2.45, 2.75) is 55.5 Å². The molecule has 0 radical (unpaired) electrons. The van der Waals surface area contributed by atoms with E-state index in [-0.39, 0.29) is 17.3 Å². The number of thioether (sulfide) groups is 1. The van der Waals surface area contributed by atoms with E-state index in [4.69, 9.17) is 47.9 Å². The van der Waals surface area contributed by atoms with Crippen molar-refractivity contribution in [2.75, 3.05) is 6.61 Å². The fourth-order valence-electron chi connectivity index (χ4n) is 3.50. The van der Waals surface area contributed by atoms with Crippen LogP contribution in [0.4, 0.5) is 0 Å². The van der Waals surface area contributed by atoms with Gasteiger partial charge in [0.05, 0.1) is 16.2 Å². The van der Waals surface area contributed by atoms with Gasteiger partial charge in [-0.25, -0.2) is 4.68 Å². The van der Waals surface area contributed by atoms with E-state index in [1.54, 1.807) is 18.2 Å². The summed E-state index contributed by atoms with van der Waals surface area (Å²) in [5.74, 6) is -2.79. The first-order valence-electron chi connectivity index (χ1n) is 10.4. The maximum Gasteiger partial charge on any atom is 0.303 e. The van der Waals surface area contributed by atoms with Crippen molar-refractivity contribution in [3.05, 3.63) is 40.1 Å². The maximum absolute atomic E-state index is 12.1. The van der Waals surface area contributed by atoms with Gasteiger partial charge in [-0.1, -0.05) is 40.2 Å². The number of aromatic nitrogens is 3. The molecule has 1 amide bonds. The number of nitrogens with zero attached hydrogens (tertiary/aromatic N) is 3. The summed E-state index contributed by atoms with van der Waals surface area (Å²) >= 11 is 13.3. The average Bonchev–Trinajstić information content (AvgIpc) is 3.26. The number of hydrogen-bond acceptors (Lipinski definition) is 11. The van der Waals surface area contributed by atoms with E-state index < -0.39 is 53.6 Å². The number of hydrogen-bond donors (Lipinski definition) is 1. The Bertz CT molecular complexity index is 1160. The molecule has 2 heterocycles. The van der Waals surface area contributed by atoms with Crippen LogP contribution in [0.3, 0.4) is 0 Å². The lowest BCUT2D eigenvalue weighted by Crippen LogP contribution is -2.57. The number of carbonyl (C=O) groups excluding carboxylic acids is 4. The predicted octanol–water partition coefficient (Wildman–Crippen LogP) is 2.17. The van der Waals surface area contributed by atoms with Crippen LogP contribution < -0.4 is 5.73 Å². The lowest BCUT2D eigenvalue weighted by Gasteiger charge is -2.44. The molecule has 12 nitrogen and oxygen atoms in total. The second-order valence-corrected chi connectivity index (χ2v) is 9.61. The van der Waals surface area contributed by atoms with E-state index in [1.807, 2.05) is 0 Å². The van der Waals surface area contributed by atoms with Crippen LogP contribution in [-0.4, -0.2) is 69.2 Å². The molecule has 1 aromatic heterocycles. The average molecular weight is 561 g/mol. The van der Waals surface area contributed by atoms with E-state index in [2.05, 4.69) is 10.3 Å². The zero-order valence-corrected chi connectivity index (χ0v) is 21.6. The fraction of sp³-hybridized carbons (Fsp3) is 0.429. The highest BCUT2D eigenvalue weighted by Gasteiger charge is 2.52. The van der Waals surface area contributed by atoms with E-state index in [1.165, 1.54) is 31.6 Å². The molecule has 1 aliphatic rings. The van der Waals surface area contributed by atoms with Crippen LogP contribution >= 0.6 is 35.0 Å². The molecule has 0 bridgehead atoms. The number of esters is 3. The van der Waals surface area contributed by atoms with Gasteiger partial charge < -0.3 is 24.7 Å². The van der Waals surface area contributed by atoms with E-state index in [0.717, 1.165) is 11.8 Å². The van der Waals surface area contributed by atoms with Crippen LogP contribution in [0.2, 0.25) is 10.0 Å². The van der Waals surface area contributed by atoms with E-state index in [0.29, 0.717) is 9.92 Å². The predicted molar refractivity (Wildman–Crippen MR) is 126 cm³/mol. The lowest BCUT2D eigenvalue weighted by atomic mass is 9.96. The van der Waals surface area contributed by atoms with Gasteiger partial charge in [-0.3, -0.25) is 19.2 Å². The molecule has 1 fully saturated rings. The molecule has 2 unspecified atom stereocenters. The van der Waals surface area contributed by atoms with Crippen molar-refractivity contribution in [1.82, 2.24) is 15.0 Å². The molecule has 15 heteroatoms. The van der Waals surface area contributed by atoms with Crippen molar-refractivity contribution in [3.63, 3.8) is 0 Å². The van der Waals surface area contributed by atoms with Gasteiger partial charge in [0.1, 0.15) is 24.2 Å². The van der Waals surface area contributed by atoms with Crippen LogP contribution in [0.15, 0.2) is 29.3 Å². The Kier molecular flexibility index (Phi) is 9.17. The number of primary amides is 1. The smallest absolute Gasteiger partial charge is 0.303 e. The molecule has 0 aliphatic carbocycles. The second kappa shape index (κ2) is 11.9. The molecule has 1 aromatic carbocycles. The summed E-state index contributed by atoms with van der Waals surface area (Å²) in [6.45, 7) is 3.28. The molecule has 2 aromatic rings. The number of amides is 1. The molecule has 3 rings (SSSR count). The second-order valence-electron chi connectivity index (χ2n) is 7.63. The third kappa shape index (κ3) is 6.87. The molecule has 194 valence electrons. The van der Waals surface area contributed by atoms with Gasteiger partial charge in [-0.2, -0.15) is 0 Å². The third-order valence-electron chi connectivity index (χ3n) is 4.88. The zero-order chi connectivity index (χ0) is 26.6. The molecule has 0 saturated carbocycles. The van der Waals surface area contributed by atoms with Crippen LogP contribution in [0, 0.1) is 0 Å². The maximum atomic E-state index is 12.1. The van der Waals surface area contributed by atoms with Gasteiger partial charge >= 0.3 is 17.9 Å². The number of halogens is 2. The Hall–Kier alpha value is -2.87. The first-order valence-corrected chi connectivity index (χ1v) is 12.1. The normalized spacial score (nSPS) is 23.5. The molecule has 2 N–H and O–H groups in total. The Morgan fingerprint density at radius 2 is 1.72 bits per heavy atom. The minimum atomic E-state index is -1.17. The van der Waals surface area contributed by atoms with Crippen LogP contribution in [0.1, 0.15) is 37.3 Å². The van der Waals surface area contributed by atoms with Crippen LogP contribution in [0.5, 0.6) is 0 Å². The number of benzene rings is 1. The highest BCUT2D eigenvalue weighted by atomic mass is 35.5. The van der Waals surface area contributed by atoms with Crippen molar-refractivity contribution in [2.24, 2.45) is 5.73 Å². The Balaban J connectivity index is 2.10. The molecule has 5 atom stereocenters. The topological polar surface area (TPSA) is 162 Å². The van der Waals surface area contributed by atoms with Crippen molar-refractivity contribution in [3.8, 4) is 0 Å². The fourth-order valence-corrected chi connectivity index (χ4v) is 5.01. The summed E-state index contributed by atoms with van der Waals surface area (Å²) in [4.78, 5) is 47.9. The third-order valence-corrected chi connectivity index (χ3v) is 6.76. The van der Waals surface area contributed by atoms with Crippen LogP contribution in [0.25, 0.3) is 0 Å². The quantitative estimate of drug-likeness (QED) is 0.371. The number of rotatable bonds is 8. The number of ether oxygens (including phenoxy) is 4. The summed E-state index contributed by atoms with van der Waals surface area (Å²) in [7, 11) is 0. The summed E-state index contributed by atoms with van der Waals surface area (Å²) in [5.41, 5.74) is 4.20. The summed E-state index contributed by atoms with van der Waals surface area (Å²) in [6, 6.07) is 3.81. The van der Waals surface area contributed by atoms with Crippen molar-refractivity contribution >= 4 is 58.8 Å². The van der Waals surface area contributed by atoms with Gasteiger partial charge in [0, 0.05) is 25.7 Å². The van der Waals surface area contributed by atoms with Crippen molar-refractivity contribution < 1.29 is 38.1 Å². The molecule has 1 saturated heterocycles. The van der Waals surface area contributed by atoms with Gasteiger partial charge in [0.2, 0.25) is 0 Å². The monoisotopic (exact) mass is 560 g/mol. The summed E-state index contributed by atoms with van der Waals surface area (Å²) in [5, 5.41) is 8.31. The molecular weight excluding hydrogens is 539 g/mol. The molecule has 36 heavy (non-hydrogen) atoms. The van der Waals surface area contributed by atoms with Crippen LogP contribution in [-0.2, 0) is 33.3 Å². The minimum absolute atomic E-state index is 0.171. The molecule has 0 spiro atoms. The Morgan fingerprint density at radius 1 is 1.06 bits per heavy atom. The molecule has 1 aliphatic heterocycles.